The SMILES string of the molecule is COCCCCN(Cc1ccccc1)C(=O)Nc1nnc(C)s1. The van der Waals surface area contributed by atoms with Gasteiger partial charge in [0.25, 0.3) is 0 Å². The van der Waals surface area contributed by atoms with Crippen LogP contribution in [0.15, 0.2) is 30.3 Å². The van der Waals surface area contributed by atoms with E-state index in [4.69, 9.17) is 4.74 Å². The molecule has 1 aromatic carbocycles. The van der Waals surface area contributed by atoms with E-state index in [1.165, 1.54) is 11.3 Å². The highest BCUT2D eigenvalue weighted by atomic mass is 32.1. The summed E-state index contributed by atoms with van der Waals surface area (Å²) in [6.45, 7) is 3.80. The van der Waals surface area contributed by atoms with Crippen LogP contribution in [0.4, 0.5) is 9.93 Å². The number of ether oxygens (including phenoxy) is 1. The summed E-state index contributed by atoms with van der Waals surface area (Å²) in [5.74, 6) is 0. The number of carbonyl (C=O) groups excluding carboxylic acids is 1. The number of carbonyl (C=O) groups is 1. The van der Waals surface area contributed by atoms with Crippen LogP contribution >= 0.6 is 11.3 Å². The van der Waals surface area contributed by atoms with Crippen LogP contribution in [0.1, 0.15) is 23.4 Å². The lowest BCUT2D eigenvalue weighted by Crippen LogP contribution is -2.35. The van der Waals surface area contributed by atoms with Crippen molar-refractivity contribution in [3.8, 4) is 0 Å². The Morgan fingerprint density at radius 3 is 2.70 bits per heavy atom. The van der Waals surface area contributed by atoms with Gasteiger partial charge in [0.05, 0.1) is 0 Å². The molecule has 0 spiro atoms. The van der Waals surface area contributed by atoms with Gasteiger partial charge in [-0.3, -0.25) is 5.32 Å². The van der Waals surface area contributed by atoms with Gasteiger partial charge in [-0.2, -0.15) is 0 Å². The van der Waals surface area contributed by atoms with Crippen LogP contribution < -0.4 is 5.32 Å². The summed E-state index contributed by atoms with van der Waals surface area (Å²) < 4.78 is 5.07. The average molecular weight is 334 g/mol. The van der Waals surface area contributed by atoms with Crippen LogP contribution in [0.25, 0.3) is 0 Å². The average Bonchev–Trinajstić information content (AvgIpc) is 2.96. The summed E-state index contributed by atoms with van der Waals surface area (Å²) in [5.41, 5.74) is 1.10. The third-order valence-electron chi connectivity index (χ3n) is 3.27. The molecule has 7 heteroatoms. The second-order valence-corrected chi connectivity index (χ2v) is 6.35. The van der Waals surface area contributed by atoms with Gasteiger partial charge in [-0.25, -0.2) is 4.79 Å². The number of methoxy groups -OCH3 is 1. The Bertz CT molecular complexity index is 603. The number of hydrogen-bond acceptors (Lipinski definition) is 5. The third kappa shape index (κ3) is 5.96. The molecule has 1 N–H and O–H groups in total. The molecule has 0 saturated carbocycles. The molecule has 6 nitrogen and oxygen atoms in total. The Labute approximate surface area is 140 Å². The summed E-state index contributed by atoms with van der Waals surface area (Å²) in [6.07, 6.45) is 1.82. The van der Waals surface area contributed by atoms with E-state index >= 15 is 0 Å². The van der Waals surface area contributed by atoms with Crippen LogP contribution in [0.5, 0.6) is 0 Å². The van der Waals surface area contributed by atoms with Gasteiger partial charge in [0.15, 0.2) is 0 Å². The van der Waals surface area contributed by atoms with Gasteiger partial charge in [0.1, 0.15) is 5.01 Å². The van der Waals surface area contributed by atoms with Gasteiger partial charge in [-0.05, 0) is 25.3 Å². The van der Waals surface area contributed by atoms with Gasteiger partial charge in [0.2, 0.25) is 5.13 Å². The monoisotopic (exact) mass is 334 g/mol. The van der Waals surface area contributed by atoms with E-state index in [1.807, 2.05) is 37.3 Å². The molecular formula is C16H22N4O2S. The lowest BCUT2D eigenvalue weighted by atomic mass is 10.2. The number of aromatic nitrogens is 2. The number of nitrogens with one attached hydrogen (secondary N) is 1. The minimum absolute atomic E-state index is 0.151. The fourth-order valence-electron chi connectivity index (χ4n) is 2.12. The highest BCUT2D eigenvalue weighted by Gasteiger charge is 2.15. The van der Waals surface area contributed by atoms with Crippen molar-refractivity contribution in [2.24, 2.45) is 0 Å². The van der Waals surface area contributed by atoms with Gasteiger partial charge < -0.3 is 9.64 Å². The van der Waals surface area contributed by atoms with Crippen molar-refractivity contribution in [2.45, 2.75) is 26.3 Å². The topological polar surface area (TPSA) is 67.3 Å². The van der Waals surface area contributed by atoms with E-state index in [2.05, 4.69) is 15.5 Å². The van der Waals surface area contributed by atoms with Crippen molar-refractivity contribution in [3.63, 3.8) is 0 Å². The molecule has 0 aliphatic rings. The van der Waals surface area contributed by atoms with Crippen molar-refractivity contribution in [2.75, 3.05) is 25.6 Å². The van der Waals surface area contributed by atoms with Crippen LogP contribution in [0.3, 0.4) is 0 Å². The fraction of sp³-hybridized carbons (Fsp3) is 0.438. The highest BCUT2D eigenvalue weighted by Crippen LogP contribution is 2.15. The zero-order valence-corrected chi connectivity index (χ0v) is 14.3. The molecule has 0 aliphatic carbocycles. The first-order chi connectivity index (χ1) is 11.2. The first-order valence-corrected chi connectivity index (χ1v) is 8.39. The quantitative estimate of drug-likeness (QED) is 0.752. The van der Waals surface area contributed by atoms with Gasteiger partial charge in [-0.1, -0.05) is 41.7 Å². The Morgan fingerprint density at radius 2 is 2.04 bits per heavy atom. The van der Waals surface area contributed by atoms with Crippen LogP contribution in [-0.2, 0) is 11.3 Å². The maximum Gasteiger partial charge on any atom is 0.323 e. The molecule has 2 amide bonds. The predicted octanol–water partition coefficient (Wildman–Crippen LogP) is 3.31. The third-order valence-corrected chi connectivity index (χ3v) is 4.02. The van der Waals surface area contributed by atoms with Crippen molar-refractivity contribution in [3.05, 3.63) is 40.9 Å². The molecule has 0 aliphatic heterocycles. The summed E-state index contributed by atoms with van der Waals surface area (Å²) in [5, 5.41) is 12.0. The molecule has 1 aromatic heterocycles. The smallest absolute Gasteiger partial charge is 0.323 e. The Hall–Kier alpha value is -1.99. The summed E-state index contributed by atoms with van der Waals surface area (Å²) in [4.78, 5) is 14.3. The number of amides is 2. The molecule has 2 rings (SSSR count). The molecule has 0 radical (unpaired) electrons. The van der Waals surface area contributed by atoms with E-state index in [-0.39, 0.29) is 6.03 Å². The Morgan fingerprint density at radius 1 is 1.26 bits per heavy atom. The maximum atomic E-state index is 12.5. The zero-order chi connectivity index (χ0) is 16.5. The minimum atomic E-state index is -0.151. The predicted molar refractivity (Wildman–Crippen MR) is 91.6 cm³/mol. The van der Waals surface area contributed by atoms with E-state index in [0.717, 1.165) is 23.4 Å². The minimum Gasteiger partial charge on any atom is -0.385 e. The molecule has 23 heavy (non-hydrogen) atoms. The van der Waals surface area contributed by atoms with Gasteiger partial charge in [-0.15, -0.1) is 10.2 Å². The summed E-state index contributed by atoms with van der Waals surface area (Å²) >= 11 is 1.37. The number of rotatable bonds is 8. The number of hydrogen-bond donors (Lipinski definition) is 1. The molecule has 0 unspecified atom stereocenters. The van der Waals surface area contributed by atoms with E-state index in [0.29, 0.717) is 24.8 Å². The number of urea groups is 1. The van der Waals surface area contributed by atoms with Crippen LogP contribution in [0.2, 0.25) is 0 Å². The fourth-order valence-corrected chi connectivity index (χ4v) is 2.70. The number of anilines is 1. The number of benzene rings is 1. The lowest BCUT2D eigenvalue weighted by Gasteiger charge is -2.22. The van der Waals surface area contributed by atoms with E-state index in [1.54, 1.807) is 12.0 Å². The number of unbranched alkanes of at least 4 members (excludes halogenated alkanes) is 1. The van der Waals surface area contributed by atoms with Gasteiger partial charge >= 0.3 is 6.03 Å². The molecule has 0 atom stereocenters. The van der Waals surface area contributed by atoms with Gasteiger partial charge in [0, 0.05) is 26.8 Å². The molecule has 0 saturated heterocycles. The highest BCUT2D eigenvalue weighted by molar-refractivity contribution is 7.15. The standard InChI is InChI=1S/C16H22N4O2S/c1-13-18-19-15(23-13)17-16(21)20(10-6-7-11-22-2)12-14-8-4-3-5-9-14/h3-5,8-9H,6-7,10-12H2,1-2H3,(H,17,19,21). The van der Waals surface area contributed by atoms with E-state index < -0.39 is 0 Å². The summed E-state index contributed by atoms with van der Waals surface area (Å²) in [7, 11) is 1.69. The van der Waals surface area contributed by atoms with Crippen LogP contribution in [-0.4, -0.2) is 41.4 Å². The Kier molecular flexibility index (Phi) is 6.96. The Balaban J connectivity index is 1.97. The molecule has 0 fully saturated rings. The molecule has 0 bridgehead atoms. The van der Waals surface area contributed by atoms with Crippen LogP contribution in [0, 0.1) is 6.92 Å². The molecule has 2 aromatic rings. The largest absolute Gasteiger partial charge is 0.385 e. The summed E-state index contributed by atoms with van der Waals surface area (Å²) in [6, 6.07) is 9.81. The molecule has 1 heterocycles. The van der Waals surface area contributed by atoms with E-state index in [9.17, 15) is 4.79 Å². The first kappa shape index (κ1) is 17.4. The maximum absolute atomic E-state index is 12.5. The number of aryl methyl sites for hydroxylation is 1. The second-order valence-electron chi connectivity index (χ2n) is 5.16. The second kappa shape index (κ2) is 9.22. The first-order valence-electron chi connectivity index (χ1n) is 7.58. The lowest BCUT2D eigenvalue weighted by molar-refractivity contribution is 0.182. The molecular weight excluding hydrogens is 312 g/mol. The van der Waals surface area contributed by atoms with Crippen molar-refractivity contribution < 1.29 is 9.53 Å². The molecule has 124 valence electrons. The normalized spacial score (nSPS) is 10.5. The number of nitrogens with zero attached hydrogens (tertiary/aromatic N) is 3. The van der Waals surface area contributed by atoms with Crippen molar-refractivity contribution in [1.82, 2.24) is 15.1 Å². The zero-order valence-electron chi connectivity index (χ0n) is 13.5. The van der Waals surface area contributed by atoms with Crippen molar-refractivity contribution >= 4 is 22.5 Å². The van der Waals surface area contributed by atoms with Crippen molar-refractivity contribution in [1.29, 1.82) is 0 Å².